The molecule has 0 spiro atoms. The van der Waals surface area contributed by atoms with Crippen LogP contribution in [0, 0.1) is 6.92 Å². The average Bonchev–Trinajstić information content (AvgIpc) is 3.40. The molecule has 1 N–H and O–H groups in total. The summed E-state index contributed by atoms with van der Waals surface area (Å²) in [5.74, 6) is 1.06. The smallest absolute Gasteiger partial charge is 0.293 e. The Hall–Kier alpha value is -3.29. The maximum absolute atomic E-state index is 12.4. The van der Waals surface area contributed by atoms with Gasteiger partial charge in [0.15, 0.2) is 5.76 Å². The molecule has 4 aromatic rings. The van der Waals surface area contributed by atoms with E-state index in [9.17, 15) is 4.79 Å². The highest BCUT2D eigenvalue weighted by molar-refractivity contribution is 6.31. The van der Waals surface area contributed by atoms with Gasteiger partial charge >= 0.3 is 0 Å². The molecule has 9 heteroatoms. The maximum Gasteiger partial charge on any atom is 0.293 e. The van der Waals surface area contributed by atoms with Crippen molar-refractivity contribution in [3.05, 3.63) is 93.6 Å². The number of hydrogen-bond acceptors (Lipinski definition) is 5. The molecule has 4 rings (SSSR count). The van der Waals surface area contributed by atoms with Gasteiger partial charge in [0, 0.05) is 10.0 Å². The van der Waals surface area contributed by atoms with E-state index in [1.54, 1.807) is 35.3 Å². The van der Waals surface area contributed by atoms with E-state index in [2.05, 4.69) is 15.4 Å². The van der Waals surface area contributed by atoms with Crippen molar-refractivity contribution in [1.29, 1.82) is 0 Å². The van der Waals surface area contributed by atoms with Gasteiger partial charge in [-0.25, -0.2) is 9.67 Å². The van der Waals surface area contributed by atoms with Crippen LogP contribution in [0.15, 0.2) is 65.3 Å². The van der Waals surface area contributed by atoms with Gasteiger partial charge < -0.3 is 9.15 Å². The molecule has 2 heterocycles. The number of halogens is 2. The zero-order chi connectivity index (χ0) is 21.8. The second kappa shape index (κ2) is 9.24. The van der Waals surface area contributed by atoms with Gasteiger partial charge in [0.1, 0.15) is 24.4 Å². The molecule has 0 aliphatic carbocycles. The molecule has 1 amide bonds. The number of carbonyl (C=O) groups excluding carboxylic acids is 1. The van der Waals surface area contributed by atoms with Crippen molar-refractivity contribution in [3.8, 4) is 5.75 Å². The molecule has 0 radical (unpaired) electrons. The lowest BCUT2D eigenvalue weighted by molar-refractivity contribution is 0.0991. The summed E-state index contributed by atoms with van der Waals surface area (Å²) in [6.45, 7) is 2.59. The number of aromatic nitrogens is 3. The van der Waals surface area contributed by atoms with Crippen molar-refractivity contribution in [3.63, 3.8) is 0 Å². The lowest BCUT2D eigenvalue weighted by Gasteiger charge is -2.06. The molecule has 2 aromatic heterocycles. The fourth-order valence-electron chi connectivity index (χ4n) is 2.81. The Morgan fingerprint density at radius 3 is 2.71 bits per heavy atom. The van der Waals surface area contributed by atoms with Crippen molar-refractivity contribution in [1.82, 2.24) is 14.8 Å². The third-order valence-corrected chi connectivity index (χ3v) is 5.09. The third-order valence-electron chi connectivity index (χ3n) is 4.42. The first-order valence-corrected chi connectivity index (χ1v) is 10.1. The molecule has 158 valence electrons. The largest absolute Gasteiger partial charge is 0.486 e. The standard InChI is InChI=1S/C22H18Cl2N4O3/c1-14-10-17(6-8-19(14)24)30-12-18-7-9-20(31-18)21(29)26-22-25-13-28(27-22)11-15-2-4-16(23)5-3-15/h2-10,13H,11-12H2,1H3,(H,26,27,29). The number of nitrogens with zero attached hydrogens (tertiary/aromatic N) is 3. The number of amides is 1. The van der Waals surface area contributed by atoms with Crippen molar-refractivity contribution in [2.45, 2.75) is 20.1 Å². The molecular formula is C22H18Cl2N4O3. The van der Waals surface area contributed by atoms with Crippen molar-refractivity contribution in [2.24, 2.45) is 0 Å². The Kier molecular flexibility index (Phi) is 6.25. The van der Waals surface area contributed by atoms with Crippen molar-refractivity contribution < 1.29 is 13.9 Å². The highest BCUT2D eigenvalue weighted by atomic mass is 35.5. The number of furan rings is 1. The summed E-state index contributed by atoms with van der Waals surface area (Å²) >= 11 is 11.9. The maximum atomic E-state index is 12.4. The fourth-order valence-corrected chi connectivity index (χ4v) is 3.05. The van der Waals surface area contributed by atoms with E-state index in [-0.39, 0.29) is 18.3 Å². The highest BCUT2D eigenvalue weighted by Crippen LogP contribution is 2.22. The Balaban J connectivity index is 1.33. The molecule has 7 nitrogen and oxygen atoms in total. The van der Waals surface area contributed by atoms with Crippen LogP contribution in [-0.4, -0.2) is 20.7 Å². The number of anilines is 1. The third kappa shape index (κ3) is 5.45. The van der Waals surface area contributed by atoms with Gasteiger partial charge in [-0.3, -0.25) is 10.1 Å². The molecule has 0 bridgehead atoms. The summed E-state index contributed by atoms with van der Waals surface area (Å²) in [4.78, 5) is 16.5. The molecule has 31 heavy (non-hydrogen) atoms. The average molecular weight is 457 g/mol. The summed E-state index contributed by atoms with van der Waals surface area (Å²) in [6.07, 6.45) is 1.54. The van der Waals surface area contributed by atoms with Crippen LogP contribution in [-0.2, 0) is 13.2 Å². The van der Waals surface area contributed by atoms with E-state index < -0.39 is 5.91 Å². The minimum atomic E-state index is -0.446. The van der Waals surface area contributed by atoms with Gasteiger partial charge in [0.05, 0.1) is 6.54 Å². The van der Waals surface area contributed by atoms with Crippen LogP contribution < -0.4 is 10.1 Å². The zero-order valence-corrected chi connectivity index (χ0v) is 18.0. The normalized spacial score (nSPS) is 10.8. The van der Waals surface area contributed by atoms with E-state index >= 15 is 0 Å². The Bertz CT molecular complexity index is 1200. The second-order valence-corrected chi connectivity index (χ2v) is 7.66. The number of aryl methyl sites for hydroxylation is 1. The summed E-state index contributed by atoms with van der Waals surface area (Å²) in [5.41, 5.74) is 1.93. The predicted molar refractivity (Wildman–Crippen MR) is 118 cm³/mol. The molecule has 0 saturated heterocycles. The number of carbonyl (C=O) groups is 1. The van der Waals surface area contributed by atoms with Crippen LogP contribution in [0.25, 0.3) is 0 Å². The summed E-state index contributed by atoms with van der Waals surface area (Å²) < 4.78 is 12.9. The van der Waals surface area contributed by atoms with Crippen molar-refractivity contribution >= 4 is 35.1 Å². The Labute approximate surface area is 188 Å². The van der Waals surface area contributed by atoms with Gasteiger partial charge in [-0.1, -0.05) is 35.3 Å². The molecule has 2 aromatic carbocycles. The number of rotatable bonds is 7. The summed E-state index contributed by atoms with van der Waals surface area (Å²) in [6, 6.07) is 16.1. The monoisotopic (exact) mass is 456 g/mol. The molecule has 0 aliphatic rings. The first-order chi connectivity index (χ1) is 15.0. The number of nitrogens with one attached hydrogen (secondary N) is 1. The predicted octanol–water partition coefficient (Wildman–Crippen LogP) is 5.37. The van der Waals surface area contributed by atoms with Crippen LogP contribution in [0.3, 0.4) is 0 Å². The Morgan fingerprint density at radius 1 is 1.13 bits per heavy atom. The van der Waals surface area contributed by atoms with Crippen LogP contribution in [0.5, 0.6) is 5.75 Å². The topological polar surface area (TPSA) is 82.2 Å². The van der Waals surface area contributed by atoms with Gasteiger partial charge in [-0.15, -0.1) is 5.10 Å². The minimum Gasteiger partial charge on any atom is -0.486 e. The van der Waals surface area contributed by atoms with E-state index in [0.29, 0.717) is 28.1 Å². The quantitative estimate of drug-likeness (QED) is 0.404. The van der Waals surface area contributed by atoms with Gasteiger partial charge in [0.2, 0.25) is 5.95 Å². The van der Waals surface area contributed by atoms with E-state index in [1.807, 2.05) is 37.3 Å². The first kappa shape index (κ1) is 21.0. The number of hydrogen-bond donors (Lipinski definition) is 1. The number of benzene rings is 2. The zero-order valence-electron chi connectivity index (χ0n) is 16.5. The lowest BCUT2D eigenvalue weighted by Crippen LogP contribution is -2.12. The van der Waals surface area contributed by atoms with Crippen LogP contribution in [0.2, 0.25) is 10.0 Å². The fraction of sp³-hybridized carbons (Fsp3) is 0.136. The molecule has 0 unspecified atom stereocenters. The minimum absolute atomic E-state index is 0.139. The molecule has 0 atom stereocenters. The lowest BCUT2D eigenvalue weighted by atomic mass is 10.2. The Morgan fingerprint density at radius 2 is 1.94 bits per heavy atom. The molecule has 0 fully saturated rings. The van der Waals surface area contributed by atoms with Crippen LogP contribution in [0.4, 0.5) is 5.95 Å². The first-order valence-electron chi connectivity index (χ1n) is 9.39. The van der Waals surface area contributed by atoms with E-state index in [1.165, 1.54) is 0 Å². The van der Waals surface area contributed by atoms with E-state index in [0.717, 1.165) is 11.1 Å². The van der Waals surface area contributed by atoms with E-state index in [4.69, 9.17) is 32.4 Å². The highest BCUT2D eigenvalue weighted by Gasteiger charge is 2.14. The van der Waals surface area contributed by atoms with Gasteiger partial charge in [0.25, 0.3) is 5.91 Å². The van der Waals surface area contributed by atoms with Crippen LogP contribution >= 0.6 is 23.2 Å². The molecule has 0 saturated carbocycles. The SMILES string of the molecule is Cc1cc(OCc2ccc(C(=O)Nc3ncn(Cc4ccc(Cl)cc4)n3)o2)ccc1Cl. The molecular weight excluding hydrogens is 439 g/mol. The van der Waals surface area contributed by atoms with Crippen LogP contribution in [0.1, 0.15) is 27.4 Å². The number of ether oxygens (including phenoxy) is 1. The van der Waals surface area contributed by atoms with Gasteiger partial charge in [-0.2, -0.15) is 0 Å². The van der Waals surface area contributed by atoms with Gasteiger partial charge in [-0.05, 0) is 60.5 Å². The second-order valence-electron chi connectivity index (χ2n) is 6.81. The summed E-state index contributed by atoms with van der Waals surface area (Å²) in [5, 5.41) is 8.22. The summed E-state index contributed by atoms with van der Waals surface area (Å²) in [7, 11) is 0. The van der Waals surface area contributed by atoms with Crippen molar-refractivity contribution in [2.75, 3.05) is 5.32 Å². The molecule has 0 aliphatic heterocycles.